The number of carbonyl (C=O) groups is 1. The zero-order valence-electron chi connectivity index (χ0n) is 13.5. The highest BCUT2D eigenvalue weighted by Crippen LogP contribution is 2.26. The zero-order valence-corrected chi connectivity index (χ0v) is 13.5. The van der Waals surface area contributed by atoms with E-state index in [9.17, 15) is 4.79 Å². The summed E-state index contributed by atoms with van der Waals surface area (Å²) in [6.07, 6.45) is 6.78. The molecule has 1 saturated heterocycles. The maximum atomic E-state index is 12.3. The van der Waals surface area contributed by atoms with Crippen LogP contribution in [0.5, 0.6) is 5.75 Å². The van der Waals surface area contributed by atoms with Gasteiger partial charge in [-0.25, -0.2) is 4.79 Å². The highest BCUT2D eigenvalue weighted by atomic mass is 16.5. The molecule has 1 aliphatic carbocycles. The van der Waals surface area contributed by atoms with E-state index < -0.39 is 0 Å². The fraction of sp³-hybridized carbons (Fsp3) is 0.611. The van der Waals surface area contributed by atoms with Crippen LogP contribution in [0.15, 0.2) is 24.3 Å². The third-order valence-corrected chi connectivity index (χ3v) is 4.85. The summed E-state index contributed by atoms with van der Waals surface area (Å²) >= 11 is 0. The SMILES string of the molecule is O=C(Nc1cccc(OC2CCCC2)c1)N1CCC(CO)CC1. The second-order valence-corrected chi connectivity index (χ2v) is 6.60. The third-order valence-electron chi connectivity index (χ3n) is 4.85. The van der Waals surface area contributed by atoms with Crippen molar-refractivity contribution in [2.45, 2.75) is 44.6 Å². The number of anilines is 1. The van der Waals surface area contributed by atoms with Gasteiger partial charge in [-0.2, -0.15) is 0 Å². The Labute approximate surface area is 137 Å². The minimum atomic E-state index is -0.0700. The van der Waals surface area contributed by atoms with Crippen molar-refractivity contribution in [2.24, 2.45) is 5.92 Å². The van der Waals surface area contributed by atoms with E-state index in [-0.39, 0.29) is 12.6 Å². The van der Waals surface area contributed by atoms with E-state index in [4.69, 9.17) is 9.84 Å². The molecule has 0 aromatic heterocycles. The first kappa shape index (κ1) is 16.1. The molecular formula is C18H26N2O3. The van der Waals surface area contributed by atoms with Crippen molar-refractivity contribution >= 4 is 11.7 Å². The molecule has 3 rings (SSSR count). The van der Waals surface area contributed by atoms with Gasteiger partial charge in [0.05, 0.1) is 6.10 Å². The molecule has 0 atom stereocenters. The smallest absolute Gasteiger partial charge is 0.321 e. The second kappa shape index (κ2) is 7.68. The van der Waals surface area contributed by atoms with E-state index in [2.05, 4.69) is 5.32 Å². The number of hydrogen-bond acceptors (Lipinski definition) is 3. The van der Waals surface area contributed by atoms with Crippen LogP contribution in [0.4, 0.5) is 10.5 Å². The number of aliphatic hydroxyl groups is 1. The maximum Gasteiger partial charge on any atom is 0.321 e. The van der Waals surface area contributed by atoms with Crippen molar-refractivity contribution in [3.8, 4) is 5.75 Å². The number of carbonyl (C=O) groups excluding carboxylic acids is 1. The van der Waals surface area contributed by atoms with Crippen molar-refractivity contribution in [3.05, 3.63) is 24.3 Å². The molecule has 1 aromatic carbocycles. The number of nitrogens with zero attached hydrogens (tertiary/aromatic N) is 1. The van der Waals surface area contributed by atoms with Gasteiger partial charge in [0, 0.05) is 31.5 Å². The summed E-state index contributed by atoms with van der Waals surface area (Å²) in [4.78, 5) is 14.1. The molecule has 5 nitrogen and oxygen atoms in total. The number of ether oxygens (including phenoxy) is 1. The zero-order chi connectivity index (χ0) is 16.1. The molecule has 0 unspecified atom stereocenters. The molecule has 2 fully saturated rings. The summed E-state index contributed by atoms with van der Waals surface area (Å²) in [6, 6.07) is 7.58. The van der Waals surface area contributed by atoms with E-state index in [0.29, 0.717) is 25.1 Å². The molecule has 1 saturated carbocycles. The summed E-state index contributed by atoms with van der Waals surface area (Å²) < 4.78 is 5.98. The molecule has 2 amide bonds. The van der Waals surface area contributed by atoms with Crippen LogP contribution >= 0.6 is 0 Å². The maximum absolute atomic E-state index is 12.3. The quantitative estimate of drug-likeness (QED) is 0.896. The van der Waals surface area contributed by atoms with Gasteiger partial charge < -0.3 is 20.1 Å². The lowest BCUT2D eigenvalue weighted by Gasteiger charge is -2.31. The Morgan fingerprint density at radius 1 is 1.22 bits per heavy atom. The van der Waals surface area contributed by atoms with Gasteiger partial charge in [-0.3, -0.25) is 0 Å². The number of hydrogen-bond donors (Lipinski definition) is 2. The van der Waals surface area contributed by atoms with Gasteiger partial charge in [0.25, 0.3) is 0 Å². The predicted molar refractivity (Wildman–Crippen MR) is 89.7 cm³/mol. The van der Waals surface area contributed by atoms with Gasteiger partial charge in [0.1, 0.15) is 5.75 Å². The van der Waals surface area contributed by atoms with Gasteiger partial charge in [0.2, 0.25) is 0 Å². The normalized spacial score (nSPS) is 19.8. The van der Waals surface area contributed by atoms with E-state index in [1.807, 2.05) is 29.2 Å². The van der Waals surface area contributed by atoms with Crippen molar-refractivity contribution in [2.75, 3.05) is 25.0 Å². The summed E-state index contributed by atoms with van der Waals surface area (Å²) in [6.45, 7) is 1.63. The number of nitrogens with one attached hydrogen (secondary N) is 1. The number of benzene rings is 1. The molecule has 0 spiro atoms. The fourth-order valence-corrected chi connectivity index (χ4v) is 3.37. The highest BCUT2D eigenvalue weighted by molar-refractivity contribution is 5.89. The Kier molecular flexibility index (Phi) is 5.39. The fourth-order valence-electron chi connectivity index (χ4n) is 3.37. The van der Waals surface area contributed by atoms with E-state index in [0.717, 1.165) is 37.1 Å². The van der Waals surface area contributed by atoms with Gasteiger partial charge in [-0.1, -0.05) is 6.07 Å². The van der Waals surface area contributed by atoms with Crippen LogP contribution in [0.25, 0.3) is 0 Å². The largest absolute Gasteiger partial charge is 0.490 e. The Morgan fingerprint density at radius 3 is 2.65 bits per heavy atom. The Hall–Kier alpha value is -1.75. The molecule has 2 N–H and O–H groups in total. The summed E-state index contributed by atoms with van der Waals surface area (Å²) in [5.74, 6) is 1.16. The number of piperidine rings is 1. The molecule has 126 valence electrons. The van der Waals surface area contributed by atoms with Crippen molar-refractivity contribution in [1.82, 2.24) is 4.90 Å². The molecule has 2 aliphatic rings. The van der Waals surface area contributed by atoms with Crippen LogP contribution in [-0.4, -0.2) is 41.8 Å². The predicted octanol–water partition coefficient (Wildman–Crippen LogP) is 3.24. The van der Waals surface area contributed by atoms with Crippen LogP contribution in [0.2, 0.25) is 0 Å². The van der Waals surface area contributed by atoms with Crippen molar-refractivity contribution < 1.29 is 14.6 Å². The van der Waals surface area contributed by atoms with E-state index in [1.54, 1.807) is 0 Å². The van der Waals surface area contributed by atoms with Crippen LogP contribution < -0.4 is 10.1 Å². The molecule has 1 aliphatic heterocycles. The first-order valence-corrected chi connectivity index (χ1v) is 8.68. The first-order valence-electron chi connectivity index (χ1n) is 8.68. The average Bonchev–Trinajstić information content (AvgIpc) is 3.08. The molecule has 1 aromatic rings. The van der Waals surface area contributed by atoms with Crippen LogP contribution in [0.1, 0.15) is 38.5 Å². The number of urea groups is 1. The van der Waals surface area contributed by atoms with Crippen LogP contribution in [0.3, 0.4) is 0 Å². The molecule has 23 heavy (non-hydrogen) atoms. The average molecular weight is 318 g/mol. The molecule has 0 bridgehead atoms. The number of amides is 2. The second-order valence-electron chi connectivity index (χ2n) is 6.60. The van der Waals surface area contributed by atoms with E-state index in [1.165, 1.54) is 12.8 Å². The summed E-state index contributed by atoms with van der Waals surface area (Å²) in [7, 11) is 0. The molecule has 0 radical (unpaired) electrons. The molecule has 1 heterocycles. The number of aliphatic hydroxyl groups excluding tert-OH is 1. The Morgan fingerprint density at radius 2 is 1.96 bits per heavy atom. The lowest BCUT2D eigenvalue weighted by atomic mass is 9.98. The van der Waals surface area contributed by atoms with Crippen molar-refractivity contribution in [3.63, 3.8) is 0 Å². The minimum Gasteiger partial charge on any atom is -0.490 e. The Balaban J connectivity index is 1.54. The Bertz CT molecular complexity index is 521. The first-order chi connectivity index (χ1) is 11.2. The van der Waals surface area contributed by atoms with Crippen molar-refractivity contribution in [1.29, 1.82) is 0 Å². The molecule has 5 heteroatoms. The number of rotatable bonds is 4. The highest BCUT2D eigenvalue weighted by Gasteiger charge is 2.22. The van der Waals surface area contributed by atoms with Gasteiger partial charge in [-0.15, -0.1) is 0 Å². The van der Waals surface area contributed by atoms with Gasteiger partial charge in [0.15, 0.2) is 0 Å². The lowest BCUT2D eigenvalue weighted by Crippen LogP contribution is -2.41. The summed E-state index contributed by atoms with van der Waals surface area (Å²) in [5.41, 5.74) is 0.773. The monoisotopic (exact) mass is 318 g/mol. The third kappa shape index (κ3) is 4.38. The van der Waals surface area contributed by atoms with Crippen LogP contribution in [-0.2, 0) is 0 Å². The van der Waals surface area contributed by atoms with Crippen LogP contribution in [0, 0.1) is 5.92 Å². The number of likely N-dealkylation sites (tertiary alicyclic amines) is 1. The lowest BCUT2D eigenvalue weighted by molar-refractivity contribution is 0.143. The van der Waals surface area contributed by atoms with E-state index >= 15 is 0 Å². The molecular weight excluding hydrogens is 292 g/mol. The van der Waals surface area contributed by atoms with Gasteiger partial charge >= 0.3 is 6.03 Å². The standard InChI is InChI=1S/C18H26N2O3/c21-13-14-8-10-20(11-9-14)18(22)19-15-4-3-7-17(12-15)23-16-5-1-2-6-16/h3-4,7,12,14,16,21H,1-2,5-6,8-11,13H2,(H,19,22). The summed E-state index contributed by atoms with van der Waals surface area (Å²) in [5, 5.41) is 12.1. The topological polar surface area (TPSA) is 61.8 Å². The van der Waals surface area contributed by atoms with Gasteiger partial charge in [-0.05, 0) is 56.6 Å². The minimum absolute atomic E-state index is 0.0700.